The smallest absolute Gasteiger partial charge is 0.331 e. The molecule has 0 unspecified atom stereocenters. The second kappa shape index (κ2) is 7.77. The molecule has 1 aromatic rings. The Morgan fingerprint density at radius 2 is 1.68 bits per heavy atom. The highest BCUT2D eigenvalue weighted by Crippen LogP contribution is 2.34. The average molecular weight is 354 g/mol. The number of hydrogen-bond donors (Lipinski definition) is 1. The minimum absolute atomic E-state index is 0.0168. The quantitative estimate of drug-likeness (QED) is 0.824. The van der Waals surface area contributed by atoms with Crippen molar-refractivity contribution in [3.63, 3.8) is 0 Å². The zero-order valence-corrected chi connectivity index (χ0v) is 14.3. The largest absolute Gasteiger partial charge is 0.417 e. The maximum Gasteiger partial charge on any atom is 0.417 e. The fraction of sp³-hybridized carbons (Fsp3) is 0.632. The van der Waals surface area contributed by atoms with Gasteiger partial charge >= 0.3 is 6.18 Å². The Hall–Kier alpha value is -1.56. The van der Waals surface area contributed by atoms with Crippen LogP contribution in [0.3, 0.4) is 0 Å². The third kappa shape index (κ3) is 4.17. The number of halogens is 3. The Balaban J connectivity index is 1.94. The van der Waals surface area contributed by atoms with Gasteiger partial charge in [-0.15, -0.1) is 0 Å². The SMILES string of the molecule is O=C(c1ccccc1C(F)(F)F)N(C1CCCCCC1)[C@H]1CCNC1. The summed E-state index contributed by atoms with van der Waals surface area (Å²) in [5, 5.41) is 3.24. The van der Waals surface area contributed by atoms with Crippen LogP contribution in [0.4, 0.5) is 13.2 Å². The summed E-state index contributed by atoms with van der Waals surface area (Å²) in [6.07, 6.45) is 2.41. The van der Waals surface area contributed by atoms with Crippen molar-refractivity contribution in [3.05, 3.63) is 35.4 Å². The highest BCUT2D eigenvalue weighted by Gasteiger charge is 2.39. The van der Waals surface area contributed by atoms with E-state index < -0.39 is 17.6 Å². The molecule has 1 aliphatic heterocycles. The lowest BCUT2D eigenvalue weighted by atomic mass is 9.99. The van der Waals surface area contributed by atoms with Gasteiger partial charge in [0.25, 0.3) is 5.91 Å². The van der Waals surface area contributed by atoms with E-state index in [1.165, 1.54) is 18.2 Å². The van der Waals surface area contributed by atoms with Gasteiger partial charge in [0.2, 0.25) is 0 Å². The highest BCUT2D eigenvalue weighted by molar-refractivity contribution is 5.96. The molecule has 1 aliphatic carbocycles. The van der Waals surface area contributed by atoms with Gasteiger partial charge < -0.3 is 10.2 Å². The summed E-state index contributed by atoms with van der Waals surface area (Å²) < 4.78 is 40.1. The molecule has 2 aliphatic rings. The van der Waals surface area contributed by atoms with E-state index in [0.29, 0.717) is 6.54 Å². The summed E-state index contributed by atoms with van der Waals surface area (Å²) in [6.45, 7) is 1.47. The lowest BCUT2D eigenvalue weighted by molar-refractivity contribution is -0.138. The van der Waals surface area contributed by atoms with E-state index in [1.807, 2.05) is 0 Å². The molecule has 1 saturated carbocycles. The first-order valence-corrected chi connectivity index (χ1v) is 9.18. The topological polar surface area (TPSA) is 32.3 Å². The molecule has 25 heavy (non-hydrogen) atoms. The Bertz CT molecular complexity index is 589. The van der Waals surface area contributed by atoms with Crippen LogP contribution < -0.4 is 5.32 Å². The number of benzene rings is 1. The standard InChI is InChI=1S/C19H25F3N2O/c20-19(21,22)17-10-6-5-9-16(17)18(25)24(15-11-12-23-13-15)14-7-3-1-2-4-8-14/h5-6,9-10,14-15,23H,1-4,7-8,11-13H2/t15-/m0/s1. The van der Waals surface area contributed by atoms with Crippen molar-refractivity contribution in [2.75, 3.05) is 13.1 Å². The van der Waals surface area contributed by atoms with Crippen LogP contribution in [-0.4, -0.2) is 36.0 Å². The van der Waals surface area contributed by atoms with Gasteiger partial charge in [-0.05, 0) is 37.9 Å². The van der Waals surface area contributed by atoms with Crippen LogP contribution in [0.15, 0.2) is 24.3 Å². The lowest BCUT2D eigenvalue weighted by Gasteiger charge is -2.36. The average Bonchev–Trinajstić information content (AvgIpc) is 2.97. The van der Waals surface area contributed by atoms with Gasteiger partial charge in [-0.1, -0.05) is 37.8 Å². The third-order valence-corrected chi connectivity index (χ3v) is 5.34. The van der Waals surface area contributed by atoms with Crippen molar-refractivity contribution < 1.29 is 18.0 Å². The summed E-state index contributed by atoms with van der Waals surface area (Å²) in [6, 6.07) is 5.20. The molecule has 0 spiro atoms. The maximum atomic E-state index is 13.4. The van der Waals surface area contributed by atoms with Crippen molar-refractivity contribution in [1.82, 2.24) is 10.2 Å². The number of nitrogens with zero attached hydrogens (tertiary/aromatic N) is 1. The van der Waals surface area contributed by atoms with E-state index in [9.17, 15) is 18.0 Å². The lowest BCUT2D eigenvalue weighted by Crippen LogP contribution is -2.48. The van der Waals surface area contributed by atoms with E-state index in [1.54, 1.807) is 4.90 Å². The first-order valence-electron chi connectivity index (χ1n) is 9.18. The van der Waals surface area contributed by atoms with Crippen LogP contribution in [0.5, 0.6) is 0 Å². The third-order valence-electron chi connectivity index (χ3n) is 5.34. The van der Waals surface area contributed by atoms with Crippen molar-refractivity contribution >= 4 is 5.91 Å². The molecular weight excluding hydrogens is 329 g/mol. The number of nitrogens with one attached hydrogen (secondary N) is 1. The Kier molecular flexibility index (Phi) is 5.67. The van der Waals surface area contributed by atoms with E-state index in [4.69, 9.17) is 0 Å². The zero-order valence-electron chi connectivity index (χ0n) is 14.3. The maximum absolute atomic E-state index is 13.4. The van der Waals surface area contributed by atoms with Crippen LogP contribution in [0.1, 0.15) is 60.9 Å². The number of hydrogen-bond acceptors (Lipinski definition) is 2. The molecule has 1 heterocycles. The Labute approximate surface area is 146 Å². The molecule has 1 saturated heterocycles. The molecule has 3 rings (SSSR count). The first kappa shape index (κ1) is 18.2. The Morgan fingerprint density at radius 1 is 1.00 bits per heavy atom. The van der Waals surface area contributed by atoms with Crippen LogP contribution in [-0.2, 0) is 6.18 Å². The van der Waals surface area contributed by atoms with E-state index in [-0.39, 0.29) is 17.6 Å². The number of carbonyl (C=O) groups excluding carboxylic acids is 1. The molecule has 1 amide bonds. The van der Waals surface area contributed by atoms with Crippen molar-refractivity contribution in [3.8, 4) is 0 Å². The zero-order chi connectivity index (χ0) is 17.9. The van der Waals surface area contributed by atoms with Gasteiger partial charge in [0.05, 0.1) is 11.1 Å². The van der Waals surface area contributed by atoms with Gasteiger partial charge in [0.1, 0.15) is 0 Å². The molecular formula is C19H25F3N2O. The van der Waals surface area contributed by atoms with Gasteiger partial charge in [0.15, 0.2) is 0 Å². The summed E-state index contributed by atoms with van der Waals surface area (Å²) in [5.74, 6) is -0.464. The van der Waals surface area contributed by atoms with Crippen molar-refractivity contribution in [2.45, 2.75) is 63.2 Å². The molecule has 1 atom stereocenters. The Morgan fingerprint density at radius 3 is 2.28 bits per heavy atom. The molecule has 0 radical (unpaired) electrons. The molecule has 138 valence electrons. The summed E-state index contributed by atoms with van der Waals surface area (Å²) >= 11 is 0. The molecule has 6 heteroatoms. The van der Waals surface area contributed by atoms with Crippen molar-refractivity contribution in [1.29, 1.82) is 0 Å². The number of alkyl halides is 3. The van der Waals surface area contributed by atoms with Crippen LogP contribution in [0.2, 0.25) is 0 Å². The van der Waals surface area contributed by atoms with E-state index in [2.05, 4.69) is 5.32 Å². The summed E-state index contributed by atoms with van der Waals surface area (Å²) in [5.41, 5.74) is -1.05. The fourth-order valence-electron chi connectivity index (χ4n) is 4.10. The molecule has 1 N–H and O–H groups in total. The van der Waals surface area contributed by atoms with Crippen molar-refractivity contribution in [2.24, 2.45) is 0 Å². The molecule has 1 aromatic carbocycles. The number of carbonyl (C=O) groups is 1. The summed E-state index contributed by atoms with van der Waals surface area (Å²) in [7, 11) is 0. The van der Waals surface area contributed by atoms with Crippen LogP contribution >= 0.6 is 0 Å². The van der Waals surface area contributed by atoms with E-state index >= 15 is 0 Å². The minimum Gasteiger partial charge on any atom is -0.331 e. The number of amides is 1. The monoisotopic (exact) mass is 354 g/mol. The molecule has 2 fully saturated rings. The van der Waals surface area contributed by atoms with Gasteiger partial charge in [-0.2, -0.15) is 13.2 Å². The van der Waals surface area contributed by atoms with Gasteiger partial charge in [0, 0.05) is 18.6 Å². The normalized spacial score (nSPS) is 22.6. The predicted molar refractivity (Wildman–Crippen MR) is 90.4 cm³/mol. The molecule has 0 aromatic heterocycles. The molecule has 3 nitrogen and oxygen atoms in total. The molecule has 0 bridgehead atoms. The first-order chi connectivity index (χ1) is 12.0. The fourth-order valence-corrected chi connectivity index (χ4v) is 4.10. The minimum atomic E-state index is -4.52. The second-order valence-corrected chi connectivity index (χ2v) is 7.05. The number of rotatable bonds is 3. The predicted octanol–water partition coefficient (Wildman–Crippen LogP) is 4.23. The summed E-state index contributed by atoms with van der Waals surface area (Å²) in [4.78, 5) is 15.0. The van der Waals surface area contributed by atoms with Gasteiger partial charge in [-0.3, -0.25) is 4.79 Å². The van der Waals surface area contributed by atoms with E-state index in [0.717, 1.165) is 57.6 Å². The van der Waals surface area contributed by atoms with Gasteiger partial charge in [-0.25, -0.2) is 0 Å². The van der Waals surface area contributed by atoms with Crippen LogP contribution in [0.25, 0.3) is 0 Å². The highest BCUT2D eigenvalue weighted by atomic mass is 19.4. The van der Waals surface area contributed by atoms with Crippen LogP contribution in [0, 0.1) is 0 Å². The second-order valence-electron chi connectivity index (χ2n) is 7.05.